The third-order valence-electron chi connectivity index (χ3n) is 4.87. The van der Waals surface area contributed by atoms with Crippen molar-refractivity contribution in [3.05, 3.63) is 53.8 Å². The molecule has 0 aliphatic rings. The summed E-state index contributed by atoms with van der Waals surface area (Å²) in [5.41, 5.74) is 7.56. The summed E-state index contributed by atoms with van der Waals surface area (Å²) < 4.78 is 5.62. The molecular weight excluding hydrogens is 314 g/mol. The largest absolute Gasteiger partial charge is 0.474 e. The summed E-state index contributed by atoms with van der Waals surface area (Å²) in [6.45, 7) is 13.9. The Morgan fingerprint density at radius 3 is 2.17 bits per heavy atom. The molecule has 0 saturated carbocycles. The van der Waals surface area contributed by atoms with Gasteiger partial charge in [-0.05, 0) is 36.6 Å². The van der Waals surface area contributed by atoms with E-state index in [2.05, 4.69) is 46.0 Å². The minimum Gasteiger partial charge on any atom is -0.474 e. The smallest absolute Gasteiger partial charge is 0.131 e. The SMILES string of the molecule is CC(O)c1coc([Si](C)(C)C(C)(C)C)c1.NCCc1ccccc1. The van der Waals surface area contributed by atoms with Crippen LogP contribution in [0.25, 0.3) is 0 Å². The average Bonchev–Trinajstić information content (AvgIpc) is 2.99. The fraction of sp³-hybridized carbons (Fsp3) is 0.500. The number of rotatable bonds is 4. The van der Waals surface area contributed by atoms with Gasteiger partial charge in [0.1, 0.15) is 8.07 Å². The Morgan fingerprint density at radius 2 is 1.75 bits per heavy atom. The van der Waals surface area contributed by atoms with E-state index in [1.165, 1.54) is 5.56 Å². The molecule has 3 nitrogen and oxygen atoms in total. The molecule has 2 rings (SSSR count). The van der Waals surface area contributed by atoms with E-state index in [-0.39, 0.29) is 5.04 Å². The van der Waals surface area contributed by atoms with E-state index in [0.717, 1.165) is 23.9 Å². The first-order valence-corrected chi connectivity index (χ1v) is 11.6. The van der Waals surface area contributed by atoms with Gasteiger partial charge in [0, 0.05) is 5.56 Å². The molecule has 134 valence electrons. The third-order valence-corrected chi connectivity index (χ3v) is 10.1. The quantitative estimate of drug-likeness (QED) is 0.813. The molecule has 0 saturated heterocycles. The molecule has 1 aromatic heterocycles. The van der Waals surface area contributed by atoms with Crippen molar-refractivity contribution in [2.75, 3.05) is 6.54 Å². The zero-order valence-electron chi connectivity index (χ0n) is 16.0. The maximum atomic E-state index is 9.46. The van der Waals surface area contributed by atoms with Gasteiger partial charge in [-0.2, -0.15) is 0 Å². The molecule has 1 unspecified atom stereocenters. The topological polar surface area (TPSA) is 59.4 Å². The second-order valence-corrected chi connectivity index (χ2v) is 13.1. The van der Waals surface area contributed by atoms with Gasteiger partial charge in [-0.15, -0.1) is 0 Å². The normalized spacial score (nSPS) is 13.2. The fourth-order valence-electron chi connectivity index (χ4n) is 2.08. The van der Waals surface area contributed by atoms with Crippen molar-refractivity contribution in [2.24, 2.45) is 5.73 Å². The summed E-state index contributed by atoms with van der Waals surface area (Å²) in [5.74, 6) is 0. The van der Waals surface area contributed by atoms with Crippen molar-refractivity contribution < 1.29 is 9.52 Å². The molecule has 0 fully saturated rings. The highest BCUT2D eigenvalue weighted by atomic mass is 28.3. The van der Waals surface area contributed by atoms with Gasteiger partial charge in [0.25, 0.3) is 0 Å². The Balaban J connectivity index is 0.000000272. The van der Waals surface area contributed by atoms with Crippen LogP contribution in [0.15, 0.2) is 47.1 Å². The van der Waals surface area contributed by atoms with Crippen molar-refractivity contribution in [1.82, 2.24) is 0 Å². The molecule has 24 heavy (non-hydrogen) atoms. The number of hydrogen-bond donors (Lipinski definition) is 2. The van der Waals surface area contributed by atoms with Crippen LogP contribution < -0.4 is 11.1 Å². The average molecular weight is 348 g/mol. The van der Waals surface area contributed by atoms with Crippen LogP contribution in [-0.2, 0) is 6.42 Å². The Labute approximate surface area is 147 Å². The van der Waals surface area contributed by atoms with Crippen LogP contribution in [0, 0.1) is 0 Å². The van der Waals surface area contributed by atoms with Gasteiger partial charge in [0.15, 0.2) is 0 Å². The van der Waals surface area contributed by atoms with E-state index in [1.807, 2.05) is 24.3 Å². The number of aliphatic hydroxyl groups is 1. The van der Waals surface area contributed by atoms with E-state index < -0.39 is 14.2 Å². The van der Waals surface area contributed by atoms with Gasteiger partial charge < -0.3 is 15.3 Å². The number of hydrogen-bond acceptors (Lipinski definition) is 3. The second kappa shape index (κ2) is 8.65. The Bertz CT molecular complexity index is 598. The molecule has 0 radical (unpaired) electrons. The molecule has 1 aromatic carbocycles. The highest BCUT2D eigenvalue weighted by Gasteiger charge is 2.39. The number of furan rings is 1. The van der Waals surface area contributed by atoms with E-state index in [9.17, 15) is 5.11 Å². The van der Waals surface area contributed by atoms with Gasteiger partial charge in [0.2, 0.25) is 0 Å². The van der Waals surface area contributed by atoms with E-state index in [0.29, 0.717) is 0 Å². The van der Waals surface area contributed by atoms with Gasteiger partial charge >= 0.3 is 0 Å². The Kier molecular flexibility index (Phi) is 7.45. The lowest BCUT2D eigenvalue weighted by Gasteiger charge is -2.34. The molecule has 0 aliphatic carbocycles. The Morgan fingerprint density at radius 1 is 1.17 bits per heavy atom. The minimum atomic E-state index is -1.58. The molecule has 4 heteroatoms. The van der Waals surface area contributed by atoms with Crippen molar-refractivity contribution in [3.63, 3.8) is 0 Å². The lowest BCUT2D eigenvalue weighted by molar-refractivity contribution is 0.198. The lowest BCUT2D eigenvalue weighted by atomic mass is 10.2. The van der Waals surface area contributed by atoms with Crippen molar-refractivity contribution in [3.8, 4) is 0 Å². The number of nitrogens with two attached hydrogens (primary N) is 1. The van der Waals surface area contributed by atoms with Crippen LogP contribution in [0.5, 0.6) is 0 Å². The maximum absolute atomic E-state index is 9.46. The van der Waals surface area contributed by atoms with E-state index >= 15 is 0 Å². The van der Waals surface area contributed by atoms with Crippen molar-refractivity contribution >= 4 is 13.5 Å². The van der Waals surface area contributed by atoms with E-state index in [4.69, 9.17) is 10.2 Å². The van der Waals surface area contributed by atoms with Gasteiger partial charge in [-0.25, -0.2) is 0 Å². The third kappa shape index (κ3) is 5.62. The molecule has 0 aliphatic heterocycles. The lowest BCUT2D eigenvalue weighted by Crippen LogP contribution is -2.48. The summed E-state index contributed by atoms with van der Waals surface area (Å²) in [6.07, 6.45) is 2.23. The first-order valence-electron chi connectivity index (χ1n) is 8.60. The van der Waals surface area contributed by atoms with Crippen LogP contribution in [0.2, 0.25) is 18.1 Å². The zero-order valence-corrected chi connectivity index (χ0v) is 17.0. The van der Waals surface area contributed by atoms with Crippen LogP contribution in [0.1, 0.15) is 44.9 Å². The predicted octanol–water partition coefficient (Wildman–Crippen LogP) is 4.24. The van der Waals surface area contributed by atoms with E-state index in [1.54, 1.807) is 13.2 Å². The predicted molar refractivity (Wildman–Crippen MR) is 105 cm³/mol. The van der Waals surface area contributed by atoms with Gasteiger partial charge in [-0.3, -0.25) is 0 Å². The molecule has 0 bridgehead atoms. The first-order chi connectivity index (χ1) is 11.1. The standard InChI is InChI=1S/C12H22O2Si.C8H11N/c1-9(13)10-7-11(14-8-10)15(5,6)12(2,3)4;9-7-6-8-4-2-1-3-5-8/h7-9,13H,1-6H3;1-5H,6-7,9H2. The minimum absolute atomic E-state index is 0.265. The molecule has 0 spiro atoms. The second-order valence-electron chi connectivity index (χ2n) is 7.82. The highest BCUT2D eigenvalue weighted by Crippen LogP contribution is 2.36. The van der Waals surface area contributed by atoms with Crippen LogP contribution in [0.4, 0.5) is 0 Å². The highest BCUT2D eigenvalue weighted by molar-refractivity contribution is 6.91. The molecule has 1 atom stereocenters. The summed E-state index contributed by atoms with van der Waals surface area (Å²) in [7, 11) is -1.58. The Hall–Kier alpha value is -1.36. The first kappa shape index (κ1) is 20.7. The van der Waals surface area contributed by atoms with Crippen LogP contribution in [0.3, 0.4) is 0 Å². The summed E-state index contributed by atoms with van der Waals surface area (Å²) in [5, 5.41) is 10.8. The summed E-state index contributed by atoms with van der Waals surface area (Å²) >= 11 is 0. The molecule has 3 N–H and O–H groups in total. The summed E-state index contributed by atoms with van der Waals surface area (Å²) in [6, 6.07) is 12.3. The van der Waals surface area contributed by atoms with Crippen molar-refractivity contribution in [2.45, 2.75) is 58.4 Å². The molecular formula is C20H33NO2Si. The number of benzene rings is 1. The zero-order chi connectivity index (χ0) is 18.4. The maximum Gasteiger partial charge on any atom is 0.131 e. The molecule has 1 heterocycles. The van der Waals surface area contributed by atoms with Crippen molar-refractivity contribution in [1.29, 1.82) is 0 Å². The fourth-order valence-corrected chi connectivity index (χ4v) is 3.70. The monoisotopic (exact) mass is 347 g/mol. The van der Waals surface area contributed by atoms with Gasteiger partial charge in [0.05, 0.1) is 17.8 Å². The summed E-state index contributed by atoms with van der Waals surface area (Å²) in [4.78, 5) is 0. The number of aliphatic hydroxyl groups excluding tert-OH is 1. The van der Waals surface area contributed by atoms with Gasteiger partial charge in [-0.1, -0.05) is 64.2 Å². The van der Waals surface area contributed by atoms with Crippen LogP contribution >= 0.6 is 0 Å². The van der Waals surface area contributed by atoms with Crippen LogP contribution in [-0.4, -0.2) is 19.7 Å². The molecule has 0 amide bonds. The molecule has 2 aromatic rings.